The number of rotatable bonds is 6. The van der Waals surface area contributed by atoms with Crippen molar-refractivity contribution >= 4 is 11.6 Å². The van der Waals surface area contributed by atoms with Crippen molar-refractivity contribution in [2.45, 2.75) is 58.2 Å². The van der Waals surface area contributed by atoms with Gasteiger partial charge in [-0.25, -0.2) is 4.98 Å². The number of hydrogen-bond acceptors (Lipinski definition) is 3. The van der Waals surface area contributed by atoms with Crippen LogP contribution in [0.15, 0.2) is 12.5 Å². The summed E-state index contributed by atoms with van der Waals surface area (Å²) in [4.78, 5) is 4.18. The van der Waals surface area contributed by atoms with Crippen molar-refractivity contribution < 1.29 is 5.11 Å². The van der Waals surface area contributed by atoms with E-state index < -0.39 is 6.10 Å². The first-order valence-corrected chi connectivity index (χ1v) is 7.97. The molecule has 1 unspecified atom stereocenters. The van der Waals surface area contributed by atoms with Crippen LogP contribution in [-0.2, 0) is 19.4 Å². The molecule has 0 radical (unpaired) electrons. The first-order chi connectivity index (χ1) is 10.2. The summed E-state index contributed by atoms with van der Waals surface area (Å²) in [5.74, 6) is 0. The highest BCUT2D eigenvalue weighted by atomic mass is 35.5. The Morgan fingerprint density at radius 3 is 2.81 bits per heavy atom. The second kappa shape index (κ2) is 5.81. The summed E-state index contributed by atoms with van der Waals surface area (Å²) in [5.41, 5.74) is 2.68. The molecule has 3 rings (SSSR count). The van der Waals surface area contributed by atoms with E-state index in [4.69, 9.17) is 11.6 Å². The Kier molecular flexibility index (Phi) is 4.04. The minimum absolute atomic E-state index is 0.470. The maximum atomic E-state index is 10.6. The van der Waals surface area contributed by atoms with Crippen molar-refractivity contribution in [3.63, 3.8) is 0 Å². The molecule has 0 bridgehead atoms. The number of aryl methyl sites for hydroxylation is 2. The molecule has 1 saturated carbocycles. The van der Waals surface area contributed by atoms with Gasteiger partial charge in [0.2, 0.25) is 0 Å². The fourth-order valence-electron chi connectivity index (χ4n) is 2.73. The smallest absolute Gasteiger partial charge is 0.101 e. The molecular weight excluding hydrogens is 288 g/mol. The van der Waals surface area contributed by atoms with Crippen LogP contribution in [-0.4, -0.2) is 24.4 Å². The molecule has 0 aromatic carbocycles. The monoisotopic (exact) mass is 308 g/mol. The number of halogens is 1. The van der Waals surface area contributed by atoms with Crippen LogP contribution in [0.5, 0.6) is 0 Å². The summed E-state index contributed by atoms with van der Waals surface area (Å²) < 4.78 is 3.98. The molecule has 1 atom stereocenters. The maximum absolute atomic E-state index is 10.6. The fraction of sp³-hybridized carbons (Fsp3) is 0.600. The minimum Gasteiger partial charge on any atom is -0.386 e. The minimum atomic E-state index is -0.600. The zero-order valence-electron chi connectivity index (χ0n) is 12.5. The number of aromatic nitrogens is 4. The van der Waals surface area contributed by atoms with Gasteiger partial charge in [-0.1, -0.05) is 18.5 Å². The Morgan fingerprint density at radius 1 is 1.43 bits per heavy atom. The second-order valence-corrected chi connectivity index (χ2v) is 5.93. The van der Waals surface area contributed by atoms with E-state index in [9.17, 15) is 5.11 Å². The molecule has 5 nitrogen and oxygen atoms in total. The Morgan fingerprint density at radius 2 is 2.19 bits per heavy atom. The molecule has 0 saturated heterocycles. The first-order valence-electron chi connectivity index (χ1n) is 7.59. The molecule has 1 aliphatic rings. The van der Waals surface area contributed by atoms with Crippen LogP contribution in [0.4, 0.5) is 0 Å². The zero-order chi connectivity index (χ0) is 15.0. The third-order valence-corrected chi connectivity index (χ3v) is 4.49. The van der Waals surface area contributed by atoms with Gasteiger partial charge in [-0.2, -0.15) is 5.10 Å². The molecule has 0 amide bonds. The normalized spacial score (nSPS) is 16.4. The van der Waals surface area contributed by atoms with Gasteiger partial charge in [-0.05, 0) is 26.2 Å². The number of imidazole rings is 1. The van der Waals surface area contributed by atoms with Gasteiger partial charge in [-0.3, -0.25) is 4.68 Å². The molecule has 0 spiro atoms. The van der Waals surface area contributed by atoms with Crippen LogP contribution in [0.1, 0.15) is 55.9 Å². The van der Waals surface area contributed by atoms with Gasteiger partial charge < -0.3 is 9.67 Å². The second-order valence-electron chi connectivity index (χ2n) is 5.55. The van der Waals surface area contributed by atoms with Gasteiger partial charge in [-0.15, -0.1) is 0 Å². The number of hydrogen-bond donors (Lipinski definition) is 1. The lowest BCUT2D eigenvalue weighted by molar-refractivity contribution is 0.165. The predicted octanol–water partition coefficient (Wildman–Crippen LogP) is 2.93. The van der Waals surface area contributed by atoms with E-state index in [-0.39, 0.29) is 0 Å². The van der Waals surface area contributed by atoms with Crippen LogP contribution >= 0.6 is 11.6 Å². The van der Waals surface area contributed by atoms with Crippen molar-refractivity contribution in [2.75, 3.05) is 0 Å². The van der Waals surface area contributed by atoms with Crippen LogP contribution in [0.3, 0.4) is 0 Å². The maximum Gasteiger partial charge on any atom is 0.101 e. The quantitative estimate of drug-likeness (QED) is 0.892. The van der Waals surface area contributed by atoms with E-state index in [1.165, 1.54) is 12.8 Å². The number of aliphatic hydroxyl groups is 1. The van der Waals surface area contributed by atoms with Crippen LogP contribution in [0.2, 0.25) is 5.02 Å². The summed E-state index contributed by atoms with van der Waals surface area (Å²) in [5, 5.41) is 15.8. The molecule has 2 aromatic rings. The Labute approximate surface area is 129 Å². The Balaban J connectivity index is 1.85. The van der Waals surface area contributed by atoms with E-state index in [0.717, 1.165) is 30.0 Å². The highest BCUT2D eigenvalue weighted by Gasteiger charge is 2.28. The third-order valence-electron chi connectivity index (χ3n) is 4.06. The van der Waals surface area contributed by atoms with Crippen LogP contribution in [0.25, 0.3) is 0 Å². The van der Waals surface area contributed by atoms with Gasteiger partial charge in [0.25, 0.3) is 0 Å². The van der Waals surface area contributed by atoms with Crippen molar-refractivity contribution in [3.8, 4) is 0 Å². The van der Waals surface area contributed by atoms with Gasteiger partial charge in [0, 0.05) is 19.0 Å². The average molecular weight is 309 g/mol. The predicted molar refractivity (Wildman–Crippen MR) is 81.5 cm³/mol. The molecule has 0 aliphatic heterocycles. The SMILES string of the molecule is CCc1nn(CC)c(CC(O)c2cncn2C2CC2)c1Cl. The largest absolute Gasteiger partial charge is 0.386 e. The summed E-state index contributed by atoms with van der Waals surface area (Å²) in [7, 11) is 0. The lowest BCUT2D eigenvalue weighted by atomic mass is 10.1. The molecule has 1 aliphatic carbocycles. The molecular formula is C15H21ClN4O. The van der Waals surface area contributed by atoms with Gasteiger partial charge in [0.1, 0.15) is 6.10 Å². The lowest BCUT2D eigenvalue weighted by Gasteiger charge is -2.14. The summed E-state index contributed by atoms with van der Waals surface area (Å²) in [6.07, 6.45) is 6.58. The molecule has 1 fully saturated rings. The summed E-state index contributed by atoms with van der Waals surface area (Å²) in [6, 6.07) is 0.509. The van der Waals surface area contributed by atoms with E-state index in [0.29, 0.717) is 17.5 Å². The van der Waals surface area contributed by atoms with E-state index in [1.807, 2.05) is 24.9 Å². The zero-order valence-corrected chi connectivity index (χ0v) is 13.2. The summed E-state index contributed by atoms with van der Waals surface area (Å²) >= 11 is 6.41. The van der Waals surface area contributed by atoms with Crippen molar-refractivity contribution in [2.24, 2.45) is 0 Å². The van der Waals surface area contributed by atoms with Crippen LogP contribution < -0.4 is 0 Å². The molecule has 21 heavy (non-hydrogen) atoms. The van der Waals surface area contributed by atoms with E-state index in [1.54, 1.807) is 6.20 Å². The summed E-state index contributed by atoms with van der Waals surface area (Å²) in [6.45, 7) is 4.83. The van der Waals surface area contributed by atoms with Gasteiger partial charge in [0.15, 0.2) is 0 Å². The van der Waals surface area contributed by atoms with Crippen molar-refractivity contribution in [1.82, 2.24) is 19.3 Å². The van der Waals surface area contributed by atoms with Crippen LogP contribution in [0, 0.1) is 0 Å². The van der Waals surface area contributed by atoms with E-state index >= 15 is 0 Å². The van der Waals surface area contributed by atoms with E-state index in [2.05, 4.69) is 14.6 Å². The standard InChI is InChI=1S/C15H21ClN4O/c1-3-11-15(16)12(20(4-2)18-11)7-14(21)13-8-17-9-19(13)10-5-6-10/h8-10,14,21H,3-7H2,1-2H3. The molecule has 2 aromatic heterocycles. The number of nitrogens with zero attached hydrogens (tertiary/aromatic N) is 4. The van der Waals surface area contributed by atoms with Gasteiger partial charge >= 0.3 is 0 Å². The average Bonchev–Trinajstić information content (AvgIpc) is 3.13. The number of aliphatic hydroxyl groups excluding tert-OH is 1. The highest BCUT2D eigenvalue weighted by Crippen LogP contribution is 2.37. The van der Waals surface area contributed by atoms with Gasteiger partial charge in [0.05, 0.1) is 34.6 Å². The Bertz CT molecular complexity index is 630. The Hall–Kier alpha value is -1.33. The van der Waals surface area contributed by atoms with Crippen molar-refractivity contribution in [1.29, 1.82) is 0 Å². The van der Waals surface area contributed by atoms with Crippen molar-refractivity contribution in [3.05, 3.63) is 34.6 Å². The molecule has 2 heterocycles. The molecule has 1 N–H and O–H groups in total. The highest BCUT2D eigenvalue weighted by molar-refractivity contribution is 6.31. The first kappa shape index (κ1) is 14.6. The molecule has 6 heteroatoms. The third kappa shape index (κ3) is 2.72. The fourth-order valence-corrected chi connectivity index (χ4v) is 3.08. The topological polar surface area (TPSA) is 55.9 Å². The lowest BCUT2D eigenvalue weighted by Crippen LogP contribution is -2.12. The molecule has 114 valence electrons.